The smallest absolute Gasteiger partial charge is 0.220 e. The number of carbonyl (C=O) groups is 1. The molecule has 0 fully saturated rings. The largest absolute Gasteiger partial charge is 0.356 e. The van der Waals surface area contributed by atoms with Crippen LogP contribution in [0, 0.1) is 5.82 Å². The minimum atomic E-state index is -0.202. The molecular formula is C20H22FNO. The number of rotatable bonds is 6. The zero-order chi connectivity index (χ0) is 16.1. The van der Waals surface area contributed by atoms with E-state index in [1.165, 1.54) is 17.2 Å². The molecule has 0 heterocycles. The number of aryl methyl sites for hydroxylation is 2. The fraction of sp³-hybridized carbons (Fsp3) is 0.350. The van der Waals surface area contributed by atoms with Gasteiger partial charge in [-0.15, -0.1) is 0 Å². The van der Waals surface area contributed by atoms with Crippen molar-refractivity contribution in [3.8, 4) is 0 Å². The Hall–Kier alpha value is -2.16. The van der Waals surface area contributed by atoms with E-state index in [-0.39, 0.29) is 11.7 Å². The lowest BCUT2D eigenvalue weighted by atomic mass is 9.97. The van der Waals surface area contributed by atoms with Gasteiger partial charge in [-0.2, -0.15) is 0 Å². The molecule has 0 radical (unpaired) electrons. The molecule has 1 N–H and O–H groups in total. The Balaban J connectivity index is 1.41. The van der Waals surface area contributed by atoms with Crippen molar-refractivity contribution in [1.82, 2.24) is 5.32 Å². The summed E-state index contributed by atoms with van der Waals surface area (Å²) in [4.78, 5) is 12.1. The number of amides is 1. The number of fused-ring (bicyclic) bond motifs is 1. The fourth-order valence-corrected chi connectivity index (χ4v) is 3.37. The summed E-state index contributed by atoms with van der Waals surface area (Å²) in [5.41, 5.74) is 3.70. The van der Waals surface area contributed by atoms with Crippen LogP contribution in [0.5, 0.6) is 0 Å². The minimum absolute atomic E-state index is 0.117. The van der Waals surface area contributed by atoms with Gasteiger partial charge >= 0.3 is 0 Å². The molecule has 0 saturated heterocycles. The van der Waals surface area contributed by atoms with Gasteiger partial charge in [0.2, 0.25) is 5.91 Å². The van der Waals surface area contributed by atoms with E-state index in [1.807, 2.05) is 12.1 Å². The van der Waals surface area contributed by atoms with Crippen molar-refractivity contribution < 1.29 is 9.18 Å². The fourth-order valence-electron chi connectivity index (χ4n) is 3.37. The third-order valence-electron chi connectivity index (χ3n) is 4.54. The number of carbonyl (C=O) groups excluding carboxylic acids is 1. The summed E-state index contributed by atoms with van der Waals surface area (Å²) in [7, 11) is 0. The maximum absolute atomic E-state index is 13.1. The van der Waals surface area contributed by atoms with Crippen molar-refractivity contribution in [2.45, 2.75) is 38.0 Å². The molecule has 2 aromatic rings. The zero-order valence-electron chi connectivity index (χ0n) is 13.2. The van der Waals surface area contributed by atoms with Crippen LogP contribution in [0.3, 0.4) is 0 Å². The second-order valence-corrected chi connectivity index (χ2v) is 6.22. The molecule has 1 amide bonds. The lowest BCUT2D eigenvalue weighted by molar-refractivity contribution is -0.121. The van der Waals surface area contributed by atoms with Crippen molar-refractivity contribution in [2.75, 3.05) is 6.54 Å². The van der Waals surface area contributed by atoms with E-state index >= 15 is 0 Å². The first kappa shape index (κ1) is 15.7. The van der Waals surface area contributed by atoms with Crippen LogP contribution in [0.2, 0.25) is 0 Å². The first-order chi connectivity index (χ1) is 11.2. The number of halogens is 1. The topological polar surface area (TPSA) is 29.1 Å². The van der Waals surface area contributed by atoms with Crippen LogP contribution < -0.4 is 5.32 Å². The van der Waals surface area contributed by atoms with E-state index in [0.717, 1.165) is 31.2 Å². The molecule has 3 heteroatoms. The van der Waals surface area contributed by atoms with Crippen molar-refractivity contribution in [3.05, 3.63) is 71.0 Å². The molecule has 1 aliphatic rings. The Morgan fingerprint density at radius 1 is 1.17 bits per heavy atom. The van der Waals surface area contributed by atoms with Crippen molar-refractivity contribution in [1.29, 1.82) is 0 Å². The first-order valence-corrected chi connectivity index (χ1v) is 8.31. The highest BCUT2D eigenvalue weighted by molar-refractivity contribution is 5.77. The third-order valence-corrected chi connectivity index (χ3v) is 4.54. The maximum atomic E-state index is 13.1. The zero-order valence-corrected chi connectivity index (χ0v) is 13.2. The van der Waals surface area contributed by atoms with Gasteiger partial charge in [0.05, 0.1) is 0 Å². The molecule has 23 heavy (non-hydrogen) atoms. The lowest BCUT2D eigenvalue weighted by Crippen LogP contribution is -2.26. The summed E-state index contributed by atoms with van der Waals surface area (Å²) in [6.07, 6.45) is 4.32. The molecule has 1 unspecified atom stereocenters. The summed E-state index contributed by atoms with van der Waals surface area (Å²) in [6.45, 7) is 0.643. The van der Waals surface area contributed by atoms with E-state index in [2.05, 4.69) is 23.5 Å². The maximum Gasteiger partial charge on any atom is 0.220 e. The number of nitrogens with one attached hydrogen (secondary N) is 1. The molecule has 3 rings (SSSR count). The number of hydrogen-bond acceptors (Lipinski definition) is 1. The Bertz CT molecular complexity index is 683. The van der Waals surface area contributed by atoms with Gasteiger partial charge in [-0.3, -0.25) is 4.79 Å². The molecule has 0 spiro atoms. The van der Waals surface area contributed by atoms with Gasteiger partial charge in [-0.1, -0.05) is 36.4 Å². The van der Waals surface area contributed by atoms with Gasteiger partial charge in [-0.25, -0.2) is 4.39 Å². The van der Waals surface area contributed by atoms with Gasteiger partial charge in [0.1, 0.15) is 5.82 Å². The molecule has 0 bridgehead atoms. The third kappa shape index (κ3) is 4.19. The summed E-state index contributed by atoms with van der Waals surface area (Å²) >= 11 is 0. The summed E-state index contributed by atoms with van der Waals surface area (Å²) < 4.78 is 13.1. The highest BCUT2D eigenvalue weighted by Crippen LogP contribution is 2.34. The van der Waals surface area contributed by atoms with E-state index < -0.39 is 0 Å². The Labute approximate surface area is 136 Å². The highest BCUT2D eigenvalue weighted by Gasteiger charge is 2.23. The molecular weight excluding hydrogens is 289 g/mol. The SMILES string of the molecule is O=C(CC1CCc2ccccc21)NCCCc1cccc(F)c1. The van der Waals surface area contributed by atoms with Gasteiger partial charge < -0.3 is 5.32 Å². The quantitative estimate of drug-likeness (QED) is 0.803. The van der Waals surface area contributed by atoms with Crippen LogP contribution >= 0.6 is 0 Å². The standard InChI is InChI=1S/C20H22FNO/c21-18-8-3-5-15(13-18)6-4-12-22-20(23)14-17-11-10-16-7-1-2-9-19(16)17/h1-3,5,7-9,13,17H,4,6,10-12,14H2,(H,22,23). The minimum Gasteiger partial charge on any atom is -0.356 e. The average molecular weight is 311 g/mol. The summed E-state index contributed by atoms with van der Waals surface area (Å²) in [6, 6.07) is 15.1. The van der Waals surface area contributed by atoms with Crippen molar-refractivity contribution >= 4 is 5.91 Å². The Morgan fingerprint density at radius 2 is 2.04 bits per heavy atom. The van der Waals surface area contributed by atoms with Crippen LogP contribution in [-0.4, -0.2) is 12.5 Å². The molecule has 2 nitrogen and oxygen atoms in total. The number of hydrogen-bond donors (Lipinski definition) is 1. The predicted octanol–water partition coefficient (Wildman–Crippen LogP) is 3.99. The molecule has 0 aromatic heterocycles. The second-order valence-electron chi connectivity index (χ2n) is 6.22. The lowest BCUT2D eigenvalue weighted by Gasteiger charge is -2.11. The van der Waals surface area contributed by atoms with Gasteiger partial charge in [-0.05, 0) is 60.4 Å². The van der Waals surface area contributed by atoms with Crippen LogP contribution in [-0.2, 0) is 17.6 Å². The van der Waals surface area contributed by atoms with E-state index in [1.54, 1.807) is 12.1 Å². The average Bonchev–Trinajstić information content (AvgIpc) is 2.95. The predicted molar refractivity (Wildman–Crippen MR) is 89.9 cm³/mol. The summed E-state index contributed by atoms with van der Waals surface area (Å²) in [5.74, 6) is 0.270. The number of benzene rings is 2. The molecule has 0 saturated carbocycles. The highest BCUT2D eigenvalue weighted by atomic mass is 19.1. The van der Waals surface area contributed by atoms with E-state index in [9.17, 15) is 9.18 Å². The van der Waals surface area contributed by atoms with Gasteiger partial charge in [0.15, 0.2) is 0 Å². The Morgan fingerprint density at radius 3 is 2.91 bits per heavy atom. The molecule has 1 aliphatic carbocycles. The normalized spacial score (nSPS) is 16.1. The molecule has 2 aromatic carbocycles. The van der Waals surface area contributed by atoms with E-state index in [4.69, 9.17) is 0 Å². The van der Waals surface area contributed by atoms with Crippen molar-refractivity contribution in [3.63, 3.8) is 0 Å². The second kappa shape index (κ2) is 7.40. The van der Waals surface area contributed by atoms with Gasteiger partial charge in [0, 0.05) is 13.0 Å². The first-order valence-electron chi connectivity index (χ1n) is 8.31. The van der Waals surface area contributed by atoms with Crippen LogP contribution in [0.1, 0.15) is 41.9 Å². The molecule has 0 aliphatic heterocycles. The van der Waals surface area contributed by atoms with Crippen molar-refractivity contribution in [2.24, 2.45) is 0 Å². The molecule has 120 valence electrons. The van der Waals surface area contributed by atoms with Crippen LogP contribution in [0.25, 0.3) is 0 Å². The van der Waals surface area contributed by atoms with E-state index in [0.29, 0.717) is 18.9 Å². The van der Waals surface area contributed by atoms with Crippen LogP contribution in [0.4, 0.5) is 4.39 Å². The van der Waals surface area contributed by atoms with Gasteiger partial charge in [0.25, 0.3) is 0 Å². The Kier molecular flexibility index (Phi) is 5.06. The monoisotopic (exact) mass is 311 g/mol. The summed E-state index contributed by atoms with van der Waals surface area (Å²) in [5, 5.41) is 2.99. The molecule has 1 atom stereocenters. The van der Waals surface area contributed by atoms with Crippen LogP contribution in [0.15, 0.2) is 48.5 Å².